The lowest BCUT2D eigenvalue weighted by atomic mass is 10.1. The van der Waals surface area contributed by atoms with E-state index in [1.165, 1.54) is 4.90 Å². The van der Waals surface area contributed by atoms with Crippen molar-refractivity contribution >= 4 is 17.3 Å². The third-order valence-electron chi connectivity index (χ3n) is 3.49. The summed E-state index contributed by atoms with van der Waals surface area (Å²) in [6.07, 6.45) is -2.00. The summed E-state index contributed by atoms with van der Waals surface area (Å²) in [5.41, 5.74) is 1.30. The molecule has 0 aromatic heterocycles. The zero-order valence-electron chi connectivity index (χ0n) is 12.2. The van der Waals surface area contributed by atoms with Gasteiger partial charge >= 0.3 is 6.18 Å². The van der Waals surface area contributed by atoms with Gasteiger partial charge in [-0.15, -0.1) is 0 Å². The summed E-state index contributed by atoms with van der Waals surface area (Å²) in [5.74, 6) is 0. The summed E-state index contributed by atoms with van der Waals surface area (Å²) in [5, 5.41) is 3.69. The molecule has 1 N–H and O–H groups in total. The quantitative estimate of drug-likeness (QED) is 0.837. The first-order valence-electron chi connectivity index (χ1n) is 7.12. The van der Waals surface area contributed by atoms with Gasteiger partial charge < -0.3 is 10.2 Å². The fraction of sp³-hybridized carbons (Fsp3) is 0.600. The number of rotatable bonds is 6. The Morgan fingerprint density at radius 2 is 2.00 bits per heavy atom. The van der Waals surface area contributed by atoms with Gasteiger partial charge in [0.25, 0.3) is 0 Å². The summed E-state index contributed by atoms with van der Waals surface area (Å²) in [6.45, 7) is 3.03. The second kappa shape index (κ2) is 6.44. The number of benzene rings is 1. The van der Waals surface area contributed by atoms with Crippen LogP contribution >= 0.6 is 11.6 Å². The topological polar surface area (TPSA) is 15.3 Å². The molecule has 0 spiro atoms. The highest BCUT2D eigenvalue weighted by atomic mass is 35.5. The van der Waals surface area contributed by atoms with Crippen LogP contribution in [0, 0.1) is 0 Å². The lowest BCUT2D eigenvalue weighted by Gasteiger charge is -2.32. The van der Waals surface area contributed by atoms with Gasteiger partial charge in [0.05, 0.1) is 10.7 Å². The van der Waals surface area contributed by atoms with Crippen LogP contribution in [0.15, 0.2) is 18.2 Å². The predicted molar refractivity (Wildman–Crippen MR) is 79.9 cm³/mol. The zero-order chi connectivity index (χ0) is 15.6. The largest absolute Gasteiger partial charge is 0.405 e. The minimum Gasteiger partial charge on any atom is -0.359 e. The maximum atomic E-state index is 12.8. The van der Waals surface area contributed by atoms with Crippen LogP contribution in [0.25, 0.3) is 0 Å². The Morgan fingerprint density at radius 3 is 2.52 bits per heavy atom. The van der Waals surface area contributed by atoms with Gasteiger partial charge in [-0.25, -0.2) is 0 Å². The molecule has 1 aliphatic carbocycles. The van der Waals surface area contributed by atoms with Crippen LogP contribution < -0.4 is 10.2 Å². The van der Waals surface area contributed by atoms with E-state index < -0.39 is 12.7 Å². The Bertz CT molecular complexity index is 484. The average molecular weight is 321 g/mol. The van der Waals surface area contributed by atoms with Crippen LogP contribution in [0.5, 0.6) is 0 Å². The fourth-order valence-electron chi connectivity index (χ4n) is 2.28. The van der Waals surface area contributed by atoms with E-state index in [0.717, 1.165) is 18.4 Å². The Morgan fingerprint density at radius 1 is 1.33 bits per heavy atom. The van der Waals surface area contributed by atoms with Crippen molar-refractivity contribution in [3.8, 4) is 0 Å². The molecule has 0 radical (unpaired) electrons. The molecule has 6 heteroatoms. The minimum atomic E-state index is -4.26. The SMILES string of the molecule is CC(C)N(CC(F)(F)F)c1c(Cl)cccc1CNC1CC1. The van der Waals surface area contributed by atoms with Crippen molar-refractivity contribution in [3.63, 3.8) is 0 Å². The Hall–Kier alpha value is -0.940. The van der Waals surface area contributed by atoms with Crippen molar-refractivity contribution in [2.75, 3.05) is 11.4 Å². The number of halogens is 4. The third-order valence-corrected chi connectivity index (χ3v) is 3.79. The number of anilines is 1. The van der Waals surface area contributed by atoms with Gasteiger partial charge in [0, 0.05) is 18.6 Å². The molecule has 0 bridgehead atoms. The highest BCUT2D eigenvalue weighted by Crippen LogP contribution is 2.34. The van der Waals surface area contributed by atoms with Gasteiger partial charge in [-0.3, -0.25) is 0 Å². The second-order valence-electron chi connectivity index (χ2n) is 5.74. The fourth-order valence-corrected chi connectivity index (χ4v) is 2.58. The predicted octanol–water partition coefficient (Wildman–Crippen LogP) is 4.37. The van der Waals surface area contributed by atoms with Crippen LogP contribution in [-0.2, 0) is 6.54 Å². The summed E-state index contributed by atoms with van der Waals surface area (Å²) in [7, 11) is 0. The van der Waals surface area contributed by atoms with E-state index in [4.69, 9.17) is 11.6 Å². The molecule has 21 heavy (non-hydrogen) atoms. The van der Waals surface area contributed by atoms with Crippen LogP contribution in [-0.4, -0.2) is 24.8 Å². The summed E-state index contributed by atoms with van der Waals surface area (Å²) >= 11 is 6.19. The molecule has 118 valence electrons. The van der Waals surface area contributed by atoms with Crippen LogP contribution in [0.4, 0.5) is 18.9 Å². The number of hydrogen-bond acceptors (Lipinski definition) is 2. The van der Waals surface area contributed by atoms with Crippen molar-refractivity contribution in [3.05, 3.63) is 28.8 Å². The van der Waals surface area contributed by atoms with Gasteiger partial charge in [0.2, 0.25) is 0 Å². The molecule has 0 unspecified atom stereocenters. The molecule has 0 aliphatic heterocycles. The van der Waals surface area contributed by atoms with Crippen molar-refractivity contribution in [1.82, 2.24) is 5.32 Å². The van der Waals surface area contributed by atoms with E-state index in [-0.39, 0.29) is 6.04 Å². The molecule has 1 fully saturated rings. The molecule has 0 heterocycles. The maximum absolute atomic E-state index is 12.8. The number of nitrogens with one attached hydrogen (secondary N) is 1. The average Bonchev–Trinajstić information content (AvgIpc) is 3.16. The highest BCUT2D eigenvalue weighted by molar-refractivity contribution is 6.33. The Kier molecular flexibility index (Phi) is 5.04. The third kappa shape index (κ3) is 4.78. The lowest BCUT2D eigenvalue weighted by Crippen LogP contribution is -2.40. The van der Waals surface area contributed by atoms with E-state index in [1.807, 2.05) is 6.07 Å². The number of alkyl halides is 3. The van der Waals surface area contributed by atoms with E-state index in [2.05, 4.69) is 5.32 Å². The van der Waals surface area contributed by atoms with E-state index in [0.29, 0.717) is 23.3 Å². The van der Waals surface area contributed by atoms with Gasteiger partial charge in [-0.1, -0.05) is 23.7 Å². The van der Waals surface area contributed by atoms with Crippen molar-refractivity contribution < 1.29 is 13.2 Å². The number of nitrogens with zero attached hydrogens (tertiary/aromatic N) is 1. The standard InChI is InChI=1S/C15H20ClF3N2/c1-10(2)21(9-15(17,18)19)14-11(4-3-5-13(14)16)8-20-12-6-7-12/h3-5,10,12,20H,6-9H2,1-2H3. The van der Waals surface area contributed by atoms with Gasteiger partial charge in [-0.2, -0.15) is 13.2 Å². The lowest BCUT2D eigenvalue weighted by molar-refractivity contribution is -0.120. The first kappa shape index (κ1) is 16.4. The first-order valence-corrected chi connectivity index (χ1v) is 7.50. The Balaban J connectivity index is 2.28. The molecule has 1 aliphatic rings. The van der Waals surface area contributed by atoms with E-state index in [1.54, 1.807) is 26.0 Å². The van der Waals surface area contributed by atoms with Gasteiger partial charge in [0.15, 0.2) is 0 Å². The smallest absolute Gasteiger partial charge is 0.359 e. The van der Waals surface area contributed by atoms with Crippen LogP contribution in [0.1, 0.15) is 32.3 Å². The molecule has 1 saturated carbocycles. The molecule has 0 amide bonds. The number of para-hydroxylation sites is 1. The van der Waals surface area contributed by atoms with Crippen molar-refractivity contribution in [2.45, 2.75) is 51.5 Å². The molecule has 1 aromatic rings. The highest BCUT2D eigenvalue weighted by Gasteiger charge is 2.33. The maximum Gasteiger partial charge on any atom is 0.405 e. The zero-order valence-corrected chi connectivity index (χ0v) is 12.9. The summed E-state index contributed by atoms with van der Waals surface area (Å²) < 4.78 is 38.5. The van der Waals surface area contributed by atoms with Crippen molar-refractivity contribution in [1.29, 1.82) is 0 Å². The van der Waals surface area contributed by atoms with Crippen LogP contribution in [0.2, 0.25) is 5.02 Å². The van der Waals surface area contributed by atoms with Crippen molar-refractivity contribution in [2.24, 2.45) is 0 Å². The van der Waals surface area contributed by atoms with E-state index >= 15 is 0 Å². The number of hydrogen-bond donors (Lipinski definition) is 1. The molecule has 2 nitrogen and oxygen atoms in total. The Labute approximate surface area is 128 Å². The summed E-state index contributed by atoms with van der Waals surface area (Å²) in [4.78, 5) is 1.33. The van der Waals surface area contributed by atoms with Crippen LogP contribution in [0.3, 0.4) is 0 Å². The normalized spacial score (nSPS) is 15.6. The molecule has 0 saturated heterocycles. The van der Waals surface area contributed by atoms with Gasteiger partial charge in [0.1, 0.15) is 6.54 Å². The second-order valence-corrected chi connectivity index (χ2v) is 6.15. The monoisotopic (exact) mass is 320 g/mol. The van der Waals surface area contributed by atoms with E-state index in [9.17, 15) is 13.2 Å². The van der Waals surface area contributed by atoms with Gasteiger partial charge in [-0.05, 0) is 38.3 Å². The molecular formula is C15H20ClF3N2. The molecule has 0 atom stereocenters. The molecule has 2 rings (SSSR count). The minimum absolute atomic E-state index is 0.286. The molecular weight excluding hydrogens is 301 g/mol. The summed E-state index contributed by atoms with van der Waals surface area (Å²) in [6, 6.07) is 5.46. The molecule has 1 aromatic carbocycles. The first-order chi connectivity index (χ1) is 9.78.